The van der Waals surface area contributed by atoms with Gasteiger partial charge in [-0.25, -0.2) is 0 Å². The number of hydrogen-bond donors (Lipinski definition) is 1. The van der Waals surface area contributed by atoms with Crippen LogP contribution in [0, 0.1) is 13.8 Å². The minimum Gasteiger partial charge on any atom is -0.393 e. The number of benzene rings is 1. The van der Waals surface area contributed by atoms with Crippen molar-refractivity contribution in [1.82, 2.24) is 10.1 Å². The summed E-state index contributed by atoms with van der Waals surface area (Å²) in [5, 5.41) is 13.2. The number of aliphatic hydroxyl groups excluding tert-OH is 1. The van der Waals surface area contributed by atoms with Crippen molar-refractivity contribution in [3.63, 3.8) is 0 Å². The summed E-state index contributed by atoms with van der Waals surface area (Å²) < 4.78 is 5.18. The van der Waals surface area contributed by atoms with E-state index < -0.39 is 0 Å². The van der Waals surface area contributed by atoms with Crippen molar-refractivity contribution in [2.45, 2.75) is 46.1 Å². The molecular formula is C15H20N2O2. The van der Waals surface area contributed by atoms with Gasteiger partial charge in [-0.3, -0.25) is 0 Å². The average Bonchev–Trinajstić information content (AvgIpc) is 2.72. The van der Waals surface area contributed by atoms with E-state index in [9.17, 15) is 5.11 Å². The van der Waals surface area contributed by atoms with E-state index in [0.717, 1.165) is 0 Å². The molecule has 2 aromatic rings. The van der Waals surface area contributed by atoms with E-state index >= 15 is 0 Å². The molecule has 1 aromatic heterocycles. The number of nitrogens with zero attached hydrogens (tertiary/aromatic N) is 2. The molecule has 1 N–H and O–H groups in total. The Morgan fingerprint density at radius 1 is 1.21 bits per heavy atom. The van der Waals surface area contributed by atoms with Gasteiger partial charge in [0.05, 0.1) is 6.10 Å². The predicted octanol–water partition coefficient (Wildman–Crippen LogP) is 2.59. The summed E-state index contributed by atoms with van der Waals surface area (Å²) in [6, 6.07) is 6.42. The monoisotopic (exact) mass is 260 g/mol. The van der Waals surface area contributed by atoms with Gasteiger partial charge in [0.1, 0.15) is 0 Å². The predicted molar refractivity (Wildman–Crippen MR) is 73.0 cm³/mol. The van der Waals surface area contributed by atoms with E-state index in [1.165, 1.54) is 16.7 Å². The van der Waals surface area contributed by atoms with Crippen molar-refractivity contribution in [3.8, 4) is 0 Å². The molecule has 0 bridgehead atoms. The largest absolute Gasteiger partial charge is 0.393 e. The minimum atomic E-state index is -0.338. The standard InChI is InChI=1S/C15H20N2O2/c1-10-6-11(2)8-13(7-10)9-14-16-15(19-17-14)5-4-12(3)18/h6-8,12,18H,4-5,9H2,1-3H3. The second-order valence-corrected chi connectivity index (χ2v) is 5.16. The normalized spacial score (nSPS) is 12.6. The Morgan fingerprint density at radius 3 is 2.53 bits per heavy atom. The third kappa shape index (κ3) is 4.17. The van der Waals surface area contributed by atoms with Gasteiger partial charge in [-0.15, -0.1) is 0 Å². The number of hydrogen-bond acceptors (Lipinski definition) is 4. The van der Waals surface area contributed by atoms with E-state index in [0.29, 0.717) is 31.0 Å². The highest BCUT2D eigenvalue weighted by molar-refractivity contribution is 5.30. The molecule has 0 radical (unpaired) electrons. The third-order valence-corrected chi connectivity index (χ3v) is 2.93. The maximum absolute atomic E-state index is 9.23. The van der Waals surface area contributed by atoms with Crippen molar-refractivity contribution in [2.24, 2.45) is 0 Å². The summed E-state index contributed by atoms with van der Waals surface area (Å²) in [7, 11) is 0. The fourth-order valence-electron chi connectivity index (χ4n) is 2.15. The minimum absolute atomic E-state index is 0.338. The van der Waals surface area contributed by atoms with Gasteiger partial charge >= 0.3 is 0 Å². The quantitative estimate of drug-likeness (QED) is 0.897. The van der Waals surface area contributed by atoms with Crippen LogP contribution in [-0.2, 0) is 12.8 Å². The van der Waals surface area contributed by atoms with E-state index in [-0.39, 0.29) is 6.10 Å². The first-order valence-corrected chi connectivity index (χ1v) is 6.59. The second kappa shape index (κ2) is 5.97. The molecule has 0 aliphatic carbocycles. The fourth-order valence-corrected chi connectivity index (χ4v) is 2.15. The summed E-state index contributed by atoms with van der Waals surface area (Å²) >= 11 is 0. The Bertz CT molecular complexity index is 527. The van der Waals surface area contributed by atoms with Crippen LogP contribution in [0.2, 0.25) is 0 Å². The third-order valence-electron chi connectivity index (χ3n) is 2.93. The molecule has 4 nitrogen and oxygen atoms in total. The van der Waals surface area contributed by atoms with Crippen LogP contribution in [0.1, 0.15) is 41.8 Å². The van der Waals surface area contributed by atoms with Gasteiger partial charge in [0, 0.05) is 12.8 Å². The molecule has 0 spiro atoms. The number of aromatic nitrogens is 2. The molecule has 0 fully saturated rings. The molecule has 4 heteroatoms. The molecule has 0 aliphatic heterocycles. The summed E-state index contributed by atoms with van der Waals surface area (Å²) in [5.41, 5.74) is 3.68. The van der Waals surface area contributed by atoms with E-state index in [1.807, 2.05) is 0 Å². The SMILES string of the molecule is Cc1cc(C)cc(Cc2noc(CCC(C)O)n2)c1. The lowest BCUT2D eigenvalue weighted by atomic mass is 10.1. The van der Waals surface area contributed by atoms with Crippen molar-refractivity contribution in [3.05, 3.63) is 46.6 Å². The zero-order valence-electron chi connectivity index (χ0n) is 11.7. The lowest BCUT2D eigenvalue weighted by molar-refractivity contribution is 0.180. The summed E-state index contributed by atoms with van der Waals surface area (Å²) in [6.45, 7) is 5.92. The summed E-state index contributed by atoms with van der Waals surface area (Å²) in [4.78, 5) is 4.35. The Morgan fingerprint density at radius 2 is 1.89 bits per heavy atom. The molecule has 19 heavy (non-hydrogen) atoms. The molecule has 102 valence electrons. The Kier molecular flexibility index (Phi) is 4.32. The second-order valence-electron chi connectivity index (χ2n) is 5.16. The molecule has 0 saturated heterocycles. The Balaban J connectivity index is 2.03. The van der Waals surface area contributed by atoms with Gasteiger partial charge in [-0.1, -0.05) is 34.5 Å². The van der Waals surface area contributed by atoms with Crippen LogP contribution in [0.25, 0.3) is 0 Å². The van der Waals surface area contributed by atoms with Crippen LogP contribution in [0.3, 0.4) is 0 Å². The van der Waals surface area contributed by atoms with Gasteiger partial charge in [-0.05, 0) is 32.8 Å². The molecule has 1 aromatic carbocycles. The van der Waals surface area contributed by atoms with E-state index in [2.05, 4.69) is 42.2 Å². The molecule has 1 unspecified atom stereocenters. The van der Waals surface area contributed by atoms with Crippen LogP contribution in [0.5, 0.6) is 0 Å². The van der Waals surface area contributed by atoms with Gasteiger partial charge in [-0.2, -0.15) is 4.98 Å². The first-order chi connectivity index (χ1) is 9.02. The van der Waals surface area contributed by atoms with Gasteiger partial charge < -0.3 is 9.63 Å². The van der Waals surface area contributed by atoms with Gasteiger partial charge in [0.15, 0.2) is 5.82 Å². The molecular weight excluding hydrogens is 240 g/mol. The van der Waals surface area contributed by atoms with Crippen molar-refractivity contribution >= 4 is 0 Å². The van der Waals surface area contributed by atoms with E-state index in [4.69, 9.17) is 4.52 Å². The van der Waals surface area contributed by atoms with E-state index in [1.54, 1.807) is 6.92 Å². The van der Waals surface area contributed by atoms with Crippen molar-refractivity contribution in [1.29, 1.82) is 0 Å². The highest BCUT2D eigenvalue weighted by Crippen LogP contribution is 2.13. The Labute approximate surface area is 113 Å². The molecule has 1 heterocycles. The highest BCUT2D eigenvalue weighted by atomic mass is 16.5. The smallest absolute Gasteiger partial charge is 0.226 e. The topological polar surface area (TPSA) is 59.2 Å². The number of rotatable bonds is 5. The Hall–Kier alpha value is -1.68. The average molecular weight is 260 g/mol. The molecule has 0 aliphatic rings. The fraction of sp³-hybridized carbons (Fsp3) is 0.467. The molecule has 2 rings (SSSR count). The molecule has 1 atom stereocenters. The van der Waals surface area contributed by atoms with Crippen LogP contribution in [0.15, 0.2) is 22.7 Å². The zero-order chi connectivity index (χ0) is 13.8. The lowest BCUT2D eigenvalue weighted by Gasteiger charge is -2.01. The summed E-state index contributed by atoms with van der Waals surface area (Å²) in [5.74, 6) is 1.30. The van der Waals surface area contributed by atoms with Crippen LogP contribution >= 0.6 is 0 Å². The van der Waals surface area contributed by atoms with Crippen LogP contribution < -0.4 is 0 Å². The van der Waals surface area contributed by atoms with Crippen molar-refractivity contribution in [2.75, 3.05) is 0 Å². The molecule has 0 amide bonds. The first-order valence-electron chi connectivity index (χ1n) is 6.59. The van der Waals surface area contributed by atoms with Crippen molar-refractivity contribution < 1.29 is 9.63 Å². The maximum Gasteiger partial charge on any atom is 0.226 e. The first kappa shape index (κ1) is 13.7. The van der Waals surface area contributed by atoms with Gasteiger partial charge in [0.25, 0.3) is 0 Å². The highest BCUT2D eigenvalue weighted by Gasteiger charge is 2.08. The molecule has 0 saturated carbocycles. The zero-order valence-corrected chi connectivity index (χ0v) is 11.7. The maximum atomic E-state index is 9.23. The van der Waals surface area contributed by atoms with Crippen LogP contribution in [-0.4, -0.2) is 21.4 Å². The summed E-state index contributed by atoms with van der Waals surface area (Å²) in [6.07, 6.45) is 1.61. The number of aliphatic hydroxyl groups is 1. The van der Waals surface area contributed by atoms with Gasteiger partial charge in [0.2, 0.25) is 5.89 Å². The number of aryl methyl sites for hydroxylation is 3. The van der Waals surface area contributed by atoms with Crippen LogP contribution in [0.4, 0.5) is 0 Å². The lowest BCUT2D eigenvalue weighted by Crippen LogP contribution is -2.01.